The van der Waals surface area contributed by atoms with Crippen molar-refractivity contribution in [3.05, 3.63) is 5.82 Å². The minimum atomic E-state index is -0.794. The Balaban J connectivity index is 1.79. The normalized spacial score (nSPS) is 31.1. The molecule has 0 bridgehead atoms. The monoisotopic (exact) mass is 250 g/mol. The van der Waals surface area contributed by atoms with Gasteiger partial charge in [-0.1, -0.05) is 6.92 Å². The highest BCUT2D eigenvalue weighted by atomic mass is 16.4. The molecule has 2 saturated carbocycles. The number of hydrogen-bond donors (Lipinski definition) is 1. The highest BCUT2D eigenvalue weighted by Gasteiger charge is 2.47. The van der Waals surface area contributed by atoms with Crippen molar-refractivity contribution in [1.29, 1.82) is 0 Å². The zero-order chi connectivity index (χ0) is 12.7. The van der Waals surface area contributed by atoms with Gasteiger partial charge in [0.1, 0.15) is 0 Å². The minimum Gasteiger partial charge on any atom is -0.481 e. The highest BCUT2D eigenvalue weighted by molar-refractivity contribution is 5.67. The molecular formula is C12H18N4O2. The molecule has 0 spiro atoms. The van der Waals surface area contributed by atoms with Gasteiger partial charge in [0, 0.05) is 5.92 Å². The summed E-state index contributed by atoms with van der Waals surface area (Å²) in [5, 5.41) is 20.8. The summed E-state index contributed by atoms with van der Waals surface area (Å²) >= 11 is 0. The van der Waals surface area contributed by atoms with Crippen LogP contribution in [0.1, 0.15) is 56.8 Å². The molecule has 0 aliphatic heterocycles. The lowest BCUT2D eigenvalue weighted by atomic mass is 10.0. The number of carbonyl (C=O) groups is 1. The molecule has 2 fully saturated rings. The third kappa shape index (κ3) is 2.00. The molecule has 2 aliphatic rings. The van der Waals surface area contributed by atoms with Gasteiger partial charge in [-0.05, 0) is 47.9 Å². The van der Waals surface area contributed by atoms with E-state index in [0.29, 0.717) is 5.92 Å². The van der Waals surface area contributed by atoms with E-state index in [1.807, 2.05) is 6.92 Å². The fourth-order valence-electron chi connectivity index (χ4n) is 3.26. The summed E-state index contributed by atoms with van der Waals surface area (Å²) in [6.45, 7) is 1.98. The number of carboxylic acids is 1. The van der Waals surface area contributed by atoms with Crippen LogP contribution in [0.15, 0.2) is 0 Å². The number of fused-ring (bicyclic) bond motifs is 1. The van der Waals surface area contributed by atoms with E-state index in [1.165, 1.54) is 19.3 Å². The maximum atomic E-state index is 10.9. The topological polar surface area (TPSA) is 80.9 Å². The van der Waals surface area contributed by atoms with Crippen LogP contribution in [0.4, 0.5) is 0 Å². The second-order valence-corrected chi connectivity index (χ2v) is 5.57. The first-order valence-corrected chi connectivity index (χ1v) is 6.68. The summed E-state index contributed by atoms with van der Waals surface area (Å²) in [5.74, 6) is 2.29. The van der Waals surface area contributed by atoms with Gasteiger partial charge < -0.3 is 5.11 Å². The lowest BCUT2D eigenvalue weighted by Gasteiger charge is -2.17. The van der Waals surface area contributed by atoms with E-state index < -0.39 is 5.97 Å². The Hall–Kier alpha value is -1.46. The van der Waals surface area contributed by atoms with Crippen LogP contribution in [0.3, 0.4) is 0 Å². The van der Waals surface area contributed by atoms with Crippen LogP contribution in [-0.2, 0) is 4.79 Å². The molecule has 6 nitrogen and oxygen atoms in total. The third-order valence-electron chi connectivity index (χ3n) is 4.35. The minimum absolute atomic E-state index is 0.0914. The van der Waals surface area contributed by atoms with Crippen LogP contribution in [0.25, 0.3) is 0 Å². The van der Waals surface area contributed by atoms with Crippen molar-refractivity contribution in [2.75, 3.05) is 0 Å². The number of carboxylic acid groups (broad SMARTS) is 1. The van der Waals surface area contributed by atoms with Gasteiger partial charge in [0.05, 0.1) is 12.5 Å². The fourth-order valence-corrected chi connectivity index (χ4v) is 3.26. The standard InChI is InChI=1S/C12H18N4O2/c1-2-10(6-11(17)18)16-12(13-14-15-16)9-4-7-3-8(7)5-9/h7-10H,2-6H2,1H3,(H,17,18). The second-order valence-electron chi connectivity index (χ2n) is 5.57. The Morgan fingerprint density at radius 3 is 2.78 bits per heavy atom. The molecular weight excluding hydrogens is 232 g/mol. The number of tetrazole rings is 1. The quantitative estimate of drug-likeness (QED) is 0.858. The van der Waals surface area contributed by atoms with E-state index in [-0.39, 0.29) is 12.5 Å². The van der Waals surface area contributed by atoms with Gasteiger partial charge in [-0.3, -0.25) is 4.79 Å². The van der Waals surface area contributed by atoms with Crippen LogP contribution in [-0.4, -0.2) is 31.3 Å². The molecule has 0 aromatic carbocycles. The van der Waals surface area contributed by atoms with Crippen molar-refractivity contribution >= 4 is 5.97 Å². The molecule has 1 N–H and O–H groups in total. The van der Waals surface area contributed by atoms with Crippen LogP contribution in [0, 0.1) is 11.8 Å². The van der Waals surface area contributed by atoms with Crippen LogP contribution in [0.5, 0.6) is 0 Å². The number of aliphatic carboxylic acids is 1. The Morgan fingerprint density at radius 2 is 2.17 bits per heavy atom. The van der Waals surface area contributed by atoms with Crippen molar-refractivity contribution in [3.8, 4) is 0 Å². The Bertz CT molecular complexity index is 449. The lowest BCUT2D eigenvalue weighted by Crippen LogP contribution is -2.18. The highest BCUT2D eigenvalue weighted by Crippen LogP contribution is 2.57. The van der Waals surface area contributed by atoms with E-state index in [1.54, 1.807) is 4.68 Å². The first-order chi connectivity index (χ1) is 8.69. The van der Waals surface area contributed by atoms with Gasteiger partial charge in [-0.25, -0.2) is 4.68 Å². The van der Waals surface area contributed by atoms with Gasteiger partial charge in [0.25, 0.3) is 0 Å². The fraction of sp³-hybridized carbons (Fsp3) is 0.833. The summed E-state index contributed by atoms with van der Waals surface area (Å²) in [4.78, 5) is 10.9. The van der Waals surface area contributed by atoms with Crippen LogP contribution in [0.2, 0.25) is 0 Å². The summed E-state index contributed by atoms with van der Waals surface area (Å²) in [5.41, 5.74) is 0. The molecule has 1 aromatic rings. The average molecular weight is 250 g/mol. The summed E-state index contributed by atoms with van der Waals surface area (Å²) < 4.78 is 1.75. The largest absolute Gasteiger partial charge is 0.481 e. The molecule has 3 rings (SSSR count). The molecule has 0 amide bonds. The summed E-state index contributed by atoms with van der Waals surface area (Å²) in [7, 11) is 0. The average Bonchev–Trinajstić information content (AvgIpc) is 2.82. The molecule has 2 aliphatic carbocycles. The molecule has 1 heterocycles. The van der Waals surface area contributed by atoms with E-state index in [0.717, 1.165) is 24.1 Å². The zero-order valence-corrected chi connectivity index (χ0v) is 10.5. The molecule has 3 unspecified atom stereocenters. The van der Waals surface area contributed by atoms with E-state index >= 15 is 0 Å². The Morgan fingerprint density at radius 1 is 1.44 bits per heavy atom. The van der Waals surface area contributed by atoms with Crippen molar-refractivity contribution in [2.24, 2.45) is 11.8 Å². The number of nitrogens with zero attached hydrogens (tertiary/aromatic N) is 4. The molecule has 6 heteroatoms. The molecule has 3 atom stereocenters. The molecule has 18 heavy (non-hydrogen) atoms. The maximum absolute atomic E-state index is 10.9. The van der Waals surface area contributed by atoms with E-state index in [4.69, 9.17) is 5.11 Å². The SMILES string of the molecule is CCC(CC(=O)O)n1nnnc1C1CC2CC2C1. The Labute approximate surface area is 105 Å². The smallest absolute Gasteiger partial charge is 0.305 e. The van der Waals surface area contributed by atoms with Crippen molar-refractivity contribution < 1.29 is 9.90 Å². The Kier molecular flexibility index (Phi) is 2.80. The molecule has 98 valence electrons. The molecule has 1 aromatic heterocycles. The van der Waals surface area contributed by atoms with Crippen molar-refractivity contribution in [1.82, 2.24) is 20.2 Å². The van der Waals surface area contributed by atoms with E-state index in [2.05, 4.69) is 15.5 Å². The summed E-state index contributed by atoms with van der Waals surface area (Å²) in [6, 6.07) is -0.121. The van der Waals surface area contributed by atoms with Gasteiger partial charge in [0.2, 0.25) is 0 Å². The predicted octanol–water partition coefficient (Wildman–Crippen LogP) is 1.61. The van der Waals surface area contributed by atoms with Crippen molar-refractivity contribution in [3.63, 3.8) is 0 Å². The number of aromatic nitrogens is 4. The maximum Gasteiger partial charge on any atom is 0.305 e. The number of hydrogen-bond acceptors (Lipinski definition) is 4. The van der Waals surface area contributed by atoms with Crippen LogP contribution >= 0.6 is 0 Å². The zero-order valence-electron chi connectivity index (χ0n) is 10.5. The van der Waals surface area contributed by atoms with Gasteiger partial charge in [0.15, 0.2) is 5.82 Å². The third-order valence-corrected chi connectivity index (χ3v) is 4.35. The predicted molar refractivity (Wildman–Crippen MR) is 63.0 cm³/mol. The first kappa shape index (κ1) is 11.6. The lowest BCUT2D eigenvalue weighted by molar-refractivity contribution is -0.138. The van der Waals surface area contributed by atoms with E-state index in [9.17, 15) is 4.79 Å². The van der Waals surface area contributed by atoms with Gasteiger partial charge in [-0.15, -0.1) is 5.10 Å². The first-order valence-electron chi connectivity index (χ1n) is 6.68. The number of rotatable bonds is 5. The molecule has 0 saturated heterocycles. The van der Waals surface area contributed by atoms with Crippen molar-refractivity contribution in [2.45, 2.75) is 51.0 Å². The summed E-state index contributed by atoms with van der Waals surface area (Å²) in [6.07, 6.45) is 4.55. The van der Waals surface area contributed by atoms with Gasteiger partial charge in [-0.2, -0.15) is 0 Å². The van der Waals surface area contributed by atoms with Crippen LogP contribution < -0.4 is 0 Å². The molecule has 0 radical (unpaired) electrons. The van der Waals surface area contributed by atoms with Gasteiger partial charge >= 0.3 is 5.97 Å². The second kappa shape index (κ2) is 4.33.